The van der Waals surface area contributed by atoms with Crippen molar-refractivity contribution in [3.05, 3.63) is 76.0 Å². The molecule has 1 fully saturated rings. The molecule has 1 heterocycles. The summed E-state index contributed by atoms with van der Waals surface area (Å²) in [7, 11) is 0. The number of allylic oxidation sites excluding steroid dienone is 1. The molecule has 2 aromatic carbocycles. The number of carbonyl (C=O) groups is 1. The molecule has 28 heavy (non-hydrogen) atoms. The summed E-state index contributed by atoms with van der Waals surface area (Å²) >= 11 is 6.19. The molecule has 1 aliphatic heterocycles. The standard InChI is InChI=1S/C21H18ClF3N2O/c22-19-6-2-5-17-18(19)11-14(20(17)28)13-26-7-9-27(10-8-26)16-4-1-3-15(12-16)21(23,24)25/h1-6,12-13H,7-11H2/b14-13+. The zero-order chi connectivity index (χ0) is 19.9. The molecule has 0 N–H and O–H groups in total. The van der Waals surface area contributed by atoms with Crippen LogP contribution in [0.4, 0.5) is 18.9 Å². The topological polar surface area (TPSA) is 23.6 Å². The first-order valence-electron chi connectivity index (χ1n) is 9.02. The molecule has 0 amide bonds. The Morgan fingerprint density at radius 2 is 1.71 bits per heavy atom. The highest BCUT2D eigenvalue weighted by Crippen LogP contribution is 2.33. The van der Waals surface area contributed by atoms with Crippen molar-refractivity contribution >= 4 is 23.1 Å². The molecular weight excluding hydrogens is 389 g/mol. The van der Waals surface area contributed by atoms with Crippen molar-refractivity contribution in [1.82, 2.24) is 4.90 Å². The molecule has 7 heteroatoms. The van der Waals surface area contributed by atoms with Gasteiger partial charge in [-0.25, -0.2) is 0 Å². The normalized spacial score (nSPS) is 18.7. The van der Waals surface area contributed by atoms with E-state index in [0.29, 0.717) is 54.4 Å². The van der Waals surface area contributed by atoms with E-state index in [1.165, 1.54) is 12.1 Å². The molecule has 0 radical (unpaired) electrons. The van der Waals surface area contributed by atoms with E-state index < -0.39 is 11.7 Å². The lowest BCUT2D eigenvalue weighted by molar-refractivity contribution is -0.137. The van der Waals surface area contributed by atoms with Gasteiger partial charge in [0.15, 0.2) is 5.78 Å². The van der Waals surface area contributed by atoms with Crippen LogP contribution in [0.5, 0.6) is 0 Å². The number of rotatable bonds is 2. The summed E-state index contributed by atoms with van der Waals surface area (Å²) in [6.45, 7) is 2.45. The van der Waals surface area contributed by atoms with Crippen molar-refractivity contribution in [2.45, 2.75) is 12.6 Å². The van der Waals surface area contributed by atoms with Crippen molar-refractivity contribution in [1.29, 1.82) is 0 Å². The molecule has 0 atom stereocenters. The molecule has 3 nitrogen and oxygen atoms in total. The molecule has 2 aromatic rings. The molecule has 1 saturated heterocycles. The summed E-state index contributed by atoms with van der Waals surface area (Å²) < 4.78 is 38.8. The lowest BCUT2D eigenvalue weighted by atomic mass is 10.1. The zero-order valence-corrected chi connectivity index (χ0v) is 15.7. The summed E-state index contributed by atoms with van der Waals surface area (Å²) in [6.07, 6.45) is -1.95. The van der Waals surface area contributed by atoms with Gasteiger partial charge in [-0.1, -0.05) is 29.8 Å². The predicted octanol–water partition coefficient (Wildman–Crippen LogP) is 4.80. The van der Waals surface area contributed by atoms with Crippen LogP contribution in [0.3, 0.4) is 0 Å². The predicted molar refractivity (Wildman–Crippen MR) is 103 cm³/mol. The molecule has 2 aliphatic rings. The zero-order valence-electron chi connectivity index (χ0n) is 15.0. The number of benzene rings is 2. The number of carbonyl (C=O) groups excluding carboxylic acids is 1. The minimum atomic E-state index is -4.35. The van der Waals surface area contributed by atoms with Crippen molar-refractivity contribution in [2.24, 2.45) is 0 Å². The molecule has 0 unspecified atom stereocenters. The SMILES string of the molecule is O=C1/C(=C/N2CCN(c3cccc(C(F)(F)F)c3)CC2)Cc2c(Cl)cccc21. The number of hydrogen-bond donors (Lipinski definition) is 0. The van der Waals surface area contributed by atoms with Gasteiger partial charge in [-0.15, -0.1) is 0 Å². The Morgan fingerprint density at radius 3 is 2.39 bits per heavy atom. The maximum atomic E-state index is 12.9. The lowest BCUT2D eigenvalue weighted by Gasteiger charge is -2.36. The van der Waals surface area contributed by atoms with Gasteiger partial charge in [-0.2, -0.15) is 13.2 Å². The van der Waals surface area contributed by atoms with Crippen LogP contribution in [-0.4, -0.2) is 36.9 Å². The maximum Gasteiger partial charge on any atom is 0.416 e. The second-order valence-corrected chi connectivity index (χ2v) is 7.40. The van der Waals surface area contributed by atoms with E-state index in [2.05, 4.69) is 4.90 Å². The van der Waals surface area contributed by atoms with Crippen molar-refractivity contribution in [2.75, 3.05) is 31.1 Å². The van der Waals surface area contributed by atoms with Crippen LogP contribution in [0, 0.1) is 0 Å². The van der Waals surface area contributed by atoms with Gasteiger partial charge < -0.3 is 9.80 Å². The number of hydrogen-bond acceptors (Lipinski definition) is 3. The summed E-state index contributed by atoms with van der Waals surface area (Å²) in [6, 6.07) is 10.7. The second kappa shape index (κ2) is 7.17. The van der Waals surface area contributed by atoms with Gasteiger partial charge in [0.1, 0.15) is 0 Å². The van der Waals surface area contributed by atoms with Gasteiger partial charge in [-0.05, 0) is 29.8 Å². The highest BCUT2D eigenvalue weighted by molar-refractivity contribution is 6.32. The number of fused-ring (bicyclic) bond motifs is 1. The molecular formula is C21H18ClF3N2O. The number of nitrogens with zero attached hydrogens (tertiary/aromatic N) is 2. The van der Waals surface area contributed by atoms with Gasteiger partial charge in [0, 0.05) is 60.6 Å². The Morgan fingerprint density at radius 1 is 1.00 bits per heavy atom. The fraction of sp³-hybridized carbons (Fsp3) is 0.286. The third-order valence-electron chi connectivity index (χ3n) is 5.21. The second-order valence-electron chi connectivity index (χ2n) is 7.00. The van der Waals surface area contributed by atoms with Gasteiger partial charge in [0.25, 0.3) is 0 Å². The molecule has 0 aromatic heterocycles. The Balaban J connectivity index is 1.44. The van der Waals surface area contributed by atoms with E-state index >= 15 is 0 Å². The Kier molecular flexibility index (Phi) is 4.83. The monoisotopic (exact) mass is 406 g/mol. The fourth-order valence-corrected chi connectivity index (χ4v) is 3.95. The van der Waals surface area contributed by atoms with Crippen LogP contribution in [-0.2, 0) is 12.6 Å². The molecule has 0 spiro atoms. The van der Waals surface area contributed by atoms with E-state index in [1.54, 1.807) is 24.3 Å². The van der Waals surface area contributed by atoms with Crippen LogP contribution in [0.25, 0.3) is 0 Å². The van der Waals surface area contributed by atoms with Gasteiger partial charge in [0.05, 0.1) is 5.56 Å². The van der Waals surface area contributed by atoms with Crippen molar-refractivity contribution in [3.63, 3.8) is 0 Å². The van der Waals surface area contributed by atoms with E-state index in [9.17, 15) is 18.0 Å². The summed E-state index contributed by atoms with van der Waals surface area (Å²) in [5.74, 6) is -0.00203. The molecule has 1 aliphatic carbocycles. The van der Waals surface area contributed by atoms with Crippen molar-refractivity contribution in [3.8, 4) is 0 Å². The summed E-state index contributed by atoms with van der Waals surface area (Å²) in [4.78, 5) is 16.6. The fourth-order valence-electron chi connectivity index (χ4n) is 3.71. The number of piperazine rings is 1. The molecule has 4 rings (SSSR count). The third kappa shape index (κ3) is 3.61. The Hall–Kier alpha value is -2.47. The molecule has 146 valence electrons. The lowest BCUT2D eigenvalue weighted by Crippen LogP contribution is -2.44. The third-order valence-corrected chi connectivity index (χ3v) is 5.57. The average Bonchev–Trinajstić information content (AvgIpc) is 2.99. The quantitative estimate of drug-likeness (QED) is 0.669. The highest BCUT2D eigenvalue weighted by atomic mass is 35.5. The van der Waals surface area contributed by atoms with Crippen molar-refractivity contribution < 1.29 is 18.0 Å². The first-order chi connectivity index (χ1) is 13.3. The minimum Gasteiger partial charge on any atom is -0.373 e. The number of anilines is 1. The van der Waals surface area contributed by atoms with Crippen LogP contribution >= 0.6 is 11.6 Å². The Bertz CT molecular complexity index is 947. The molecule has 0 bridgehead atoms. The van der Waals surface area contributed by atoms with E-state index in [-0.39, 0.29) is 5.78 Å². The first kappa shape index (κ1) is 18.9. The van der Waals surface area contributed by atoms with Crippen LogP contribution < -0.4 is 4.90 Å². The Labute approximate surface area is 166 Å². The number of ketones is 1. The van der Waals surface area contributed by atoms with E-state index in [1.807, 2.05) is 11.1 Å². The number of Topliss-reactive ketones (excluding diaryl/α,β-unsaturated/α-hetero) is 1. The van der Waals surface area contributed by atoms with Crippen LogP contribution in [0.2, 0.25) is 5.02 Å². The van der Waals surface area contributed by atoms with E-state index in [4.69, 9.17) is 11.6 Å². The van der Waals surface area contributed by atoms with Crippen LogP contribution in [0.1, 0.15) is 21.5 Å². The summed E-state index contributed by atoms with van der Waals surface area (Å²) in [5, 5.41) is 0.601. The van der Waals surface area contributed by atoms with Gasteiger partial charge in [-0.3, -0.25) is 4.79 Å². The van der Waals surface area contributed by atoms with E-state index in [0.717, 1.165) is 11.6 Å². The summed E-state index contributed by atoms with van der Waals surface area (Å²) in [5.41, 5.74) is 2.15. The van der Waals surface area contributed by atoms with Gasteiger partial charge in [0.2, 0.25) is 0 Å². The molecule has 0 saturated carbocycles. The smallest absolute Gasteiger partial charge is 0.373 e. The van der Waals surface area contributed by atoms with Gasteiger partial charge >= 0.3 is 6.18 Å². The largest absolute Gasteiger partial charge is 0.416 e. The number of halogens is 4. The average molecular weight is 407 g/mol. The highest BCUT2D eigenvalue weighted by Gasteiger charge is 2.31. The maximum absolute atomic E-state index is 12.9. The minimum absolute atomic E-state index is 0.00203. The van der Waals surface area contributed by atoms with Crippen LogP contribution in [0.15, 0.2) is 54.2 Å². The number of alkyl halides is 3. The first-order valence-corrected chi connectivity index (χ1v) is 9.40.